The van der Waals surface area contributed by atoms with Gasteiger partial charge in [0.2, 0.25) is 31.1 Å². The Labute approximate surface area is 715 Å². The van der Waals surface area contributed by atoms with E-state index in [2.05, 4.69) is 53.4 Å². The summed E-state index contributed by atoms with van der Waals surface area (Å²) in [6, 6.07) is 12.2. The zero-order valence-corrected chi connectivity index (χ0v) is 70.5. The highest BCUT2D eigenvalue weighted by atomic mass is 32.2. The molecule has 56 heteroatoms. The van der Waals surface area contributed by atoms with Crippen molar-refractivity contribution in [2.24, 2.45) is 16.8 Å². The Balaban J connectivity index is 0.000000220. The van der Waals surface area contributed by atoms with Gasteiger partial charge >= 0.3 is 52.1 Å². The summed E-state index contributed by atoms with van der Waals surface area (Å²) < 4.78 is 257. The fourth-order valence-corrected chi connectivity index (χ4v) is 15.3. The van der Waals surface area contributed by atoms with E-state index in [1.165, 1.54) is 31.2 Å². The molecule has 5 aliphatic rings. The summed E-state index contributed by atoms with van der Waals surface area (Å²) in [7, 11) is -12.0. The number of alkyl halides is 10. The largest absolute Gasteiger partial charge is 0.384 e. The molecule has 11 rings (SSSR count). The van der Waals surface area contributed by atoms with Crippen molar-refractivity contribution < 1.29 is 131 Å². The maximum Gasteiger partial charge on any atom is 0.351 e. The molecule has 10 heterocycles. The number of benzene rings is 1. The number of amides is 1. The number of rotatable bonds is 29. The topological polar surface area (TPSA) is 640 Å². The number of aliphatic hydroxyl groups excluding tert-OH is 4. The lowest BCUT2D eigenvalue weighted by Gasteiger charge is -2.24. The molecule has 5 aliphatic heterocycles. The molecule has 15 N–H and O–H groups in total. The first-order valence-electron chi connectivity index (χ1n) is 37.9. The molecule has 1 aromatic carbocycles. The van der Waals surface area contributed by atoms with E-state index in [0.29, 0.717) is 54.1 Å². The Morgan fingerprint density at radius 3 is 1.15 bits per heavy atom. The van der Waals surface area contributed by atoms with Gasteiger partial charge in [-0.25, -0.2) is 32.8 Å². The van der Waals surface area contributed by atoms with Gasteiger partial charge in [0.1, 0.15) is 84.0 Å². The van der Waals surface area contributed by atoms with Crippen LogP contribution in [-0.2, 0) is 66.6 Å². The second-order valence-electron chi connectivity index (χ2n) is 29.1. The van der Waals surface area contributed by atoms with Crippen LogP contribution in [0.5, 0.6) is 0 Å². The summed E-state index contributed by atoms with van der Waals surface area (Å²) in [5.41, 5.74) is 30.6. The number of hydrogen-bond donors (Lipinski definition) is 10. The van der Waals surface area contributed by atoms with Crippen molar-refractivity contribution in [3.8, 4) is 0 Å². The minimum absolute atomic E-state index is 0.0481. The Kier molecular flexibility index (Phi) is 34.6. The maximum absolute atomic E-state index is 15.1. The number of nitrogens with two attached hydrogens (primary N) is 5. The summed E-state index contributed by atoms with van der Waals surface area (Å²) in [6.07, 6.45) is -19.1. The molecule has 5 fully saturated rings. The highest BCUT2D eigenvalue weighted by molar-refractivity contribution is 7.86. The van der Waals surface area contributed by atoms with Crippen LogP contribution in [0, 0.1) is 5.92 Å². The normalized spacial score (nSPS) is 26.6. The molecule has 5 aromatic heterocycles. The Hall–Kier alpha value is -10.3. The van der Waals surface area contributed by atoms with Crippen molar-refractivity contribution in [1.82, 2.24) is 47.8 Å². The average Bonchev–Trinajstić information content (AvgIpc) is 1.65. The van der Waals surface area contributed by atoms with Gasteiger partial charge in [-0.15, -0.1) is 13.2 Å². The second kappa shape index (κ2) is 42.3. The third-order valence-electron chi connectivity index (χ3n) is 19.3. The number of ether oxygens (including phenoxy) is 5. The van der Waals surface area contributed by atoms with Crippen molar-refractivity contribution in [3.05, 3.63) is 185 Å². The summed E-state index contributed by atoms with van der Waals surface area (Å²) in [6.45, 7) is 13.3. The molecular weight excluding hydrogens is 1790 g/mol. The molecule has 0 radical (unpaired) electrons. The molecule has 0 bridgehead atoms. The van der Waals surface area contributed by atoms with E-state index in [-0.39, 0.29) is 54.8 Å². The van der Waals surface area contributed by atoms with Crippen LogP contribution in [0.25, 0.3) is 10.4 Å². The van der Waals surface area contributed by atoms with E-state index in [1.54, 1.807) is 44.2 Å². The highest BCUT2D eigenvalue weighted by Crippen LogP contribution is 2.51. The molecule has 6 aromatic rings. The molecule has 0 spiro atoms. The molecule has 43 nitrogen and oxygen atoms in total. The van der Waals surface area contributed by atoms with E-state index in [1.807, 2.05) is 6.92 Å². The zero-order chi connectivity index (χ0) is 95.4. The minimum Gasteiger partial charge on any atom is -0.384 e. The van der Waals surface area contributed by atoms with E-state index in [9.17, 15) is 110 Å². The van der Waals surface area contributed by atoms with Crippen molar-refractivity contribution in [2.45, 2.75) is 225 Å². The summed E-state index contributed by atoms with van der Waals surface area (Å²) in [5.74, 6) is -21.4. The van der Waals surface area contributed by atoms with Crippen LogP contribution >= 0.6 is 0 Å². The number of nitrogen functional groups attached to an aromatic ring is 4. The fourth-order valence-electron chi connectivity index (χ4n) is 13.4. The van der Waals surface area contributed by atoms with Crippen LogP contribution in [0.4, 0.5) is 73.0 Å². The van der Waals surface area contributed by atoms with E-state index in [0.717, 1.165) is 68.0 Å². The lowest BCUT2D eigenvalue weighted by Crippen LogP contribution is -2.46. The number of halogens is 10. The van der Waals surface area contributed by atoms with Gasteiger partial charge in [-0.2, -0.15) is 85.3 Å². The number of carbonyl (C=O) groups is 1. The first-order valence-corrected chi connectivity index (χ1v) is 43.3. The van der Waals surface area contributed by atoms with E-state index in [4.69, 9.17) is 70.4 Å². The third-order valence-corrected chi connectivity index (χ3v) is 21.1. The molecule has 5 saturated heterocycles. The van der Waals surface area contributed by atoms with Crippen LogP contribution in [0.3, 0.4) is 0 Å². The van der Waals surface area contributed by atoms with Gasteiger partial charge < -0.3 is 78.1 Å². The van der Waals surface area contributed by atoms with Crippen LogP contribution in [-0.4, -0.2) is 233 Å². The average molecular weight is 1880 g/mol. The molecule has 5 unspecified atom stereocenters. The van der Waals surface area contributed by atoms with Crippen molar-refractivity contribution in [2.75, 3.05) is 47.0 Å². The number of azide groups is 1. The molecule has 127 heavy (non-hydrogen) atoms. The van der Waals surface area contributed by atoms with Gasteiger partial charge in [0.15, 0.2) is 12.2 Å². The minimum atomic E-state index is -4.02. The van der Waals surface area contributed by atoms with Gasteiger partial charge in [-0.3, -0.25) is 40.2 Å². The van der Waals surface area contributed by atoms with Crippen molar-refractivity contribution >= 4 is 65.4 Å². The smallest absolute Gasteiger partial charge is 0.351 e. The molecule has 20 atom stereocenters. The number of nitrogens with zero attached hydrogens (tertiary/aromatic N) is 13. The summed E-state index contributed by atoms with van der Waals surface area (Å²) >= 11 is 0. The number of nitrogens with one attached hydrogen (secondary N) is 1. The Morgan fingerprint density at radius 1 is 0.496 bits per heavy atom. The number of anilines is 5. The maximum atomic E-state index is 15.1. The quantitative estimate of drug-likeness (QED) is 0.00805. The molecular formula is C71H93F10N19O24S3. The monoisotopic (exact) mass is 1880 g/mol. The number of aromatic nitrogens is 10. The standard InChI is InChI=1S/C21H23F2N3O6S.C13H19F2N3O6S.C13H17F2N3O6S.C12H16F2N6O3.C12H18F2N4O3/c1-4-8-15(32-33(3,29)30)17-13(2)21(22,23)19(31-17)26-12-11-16(25-20(26)28)24-18(27)14-9-6-5-7-10-14;2*1-3-4-7(24-25(2,21)22)9-10(19)13(14,15)11(23-9)18-6-5-8(16)17-12(18)20;1-2-3-6(18-19-16)8-9(21)12(13,14)10(23-8)20-5-4-7(15)17-11(20)22;1-2-3-6(15)8-9(19)12(13,14)10(21-8)18-5-4-7(16)17-11(18)20/h4-7,9-13,15,17,19H,1,8H2,2-3H3,(H,24,25,27,28);5-7,9-11,19H,3-4H2,1-2H3,(H2,16,17,20);3,5-7,9-11,19H,1,4H2,2H3,(H2,16,17,20);4-6,8-10,21H,2-3H2,1H3,(H2,15,17,22);4-6,8-10,19H,2-3,15H2,1H3,(H2,16,17,20)/t13-,15?,17+,19-;2*7?,9-,10-,11-;2*6?,8-,9-,10-/m11111/s1. The van der Waals surface area contributed by atoms with Crippen LogP contribution in [0.15, 0.2) is 146 Å². The summed E-state index contributed by atoms with van der Waals surface area (Å²) in [5, 5.41) is 45.4. The lowest BCUT2D eigenvalue weighted by atomic mass is 9.94. The number of carbonyl (C=O) groups excluding carboxylic acids is 1. The molecule has 0 saturated carbocycles. The van der Waals surface area contributed by atoms with Gasteiger partial charge in [-0.1, -0.05) is 82.4 Å². The molecule has 0 aliphatic carbocycles. The SMILES string of the molecule is C=CCC(OS(C)(=O)=O)[C@H]1O[C@@H](n2ccc(N)nc2=O)C(F)(F)[C@@H]1O.C=CCC(OS(C)(=O)=O)[C@H]1O[C@@H](n2ccc(NC(=O)c3ccccc3)nc2=O)C(F)(F)[C@@H]1C.CCCC(N)[C@H]1O[C@@H](n2ccc(N)nc2=O)C(F)(F)[C@@H]1O.CCCC(N=[N+]=[N-])[C@H]1O[C@@H](n2ccc(N)nc2=O)C(F)(F)[C@@H]1O.CCCC(OS(C)(=O)=O)[C@H]1O[C@@H](n2ccc(N)nc2=O)C(F)(F)[C@@H]1O. The van der Waals surface area contributed by atoms with Gasteiger partial charge in [0.05, 0.1) is 36.8 Å². The van der Waals surface area contributed by atoms with Crippen LogP contribution in [0.1, 0.15) is 121 Å². The van der Waals surface area contributed by atoms with Crippen LogP contribution < -0.4 is 62.4 Å². The predicted octanol–water partition coefficient (Wildman–Crippen LogP) is 3.13. The van der Waals surface area contributed by atoms with Crippen molar-refractivity contribution in [1.29, 1.82) is 0 Å². The van der Waals surface area contributed by atoms with Crippen LogP contribution in [0.2, 0.25) is 0 Å². The van der Waals surface area contributed by atoms with Gasteiger partial charge in [-0.05, 0) is 80.1 Å². The number of aliphatic hydroxyl groups is 4. The summed E-state index contributed by atoms with van der Waals surface area (Å²) in [4.78, 5) is 91.4. The Morgan fingerprint density at radius 2 is 0.803 bits per heavy atom. The first-order chi connectivity index (χ1) is 59.0. The molecule has 704 valence electrons. The first kappa shape index (κ1) is 104. The number of hydrogen-bond acceptors (Lipinski definition) is 35. The third kappa shape index (κ3) is 25.2. The predicted molar refractivity (Wildman–Crippen MR) is 426 cm³/mol. The van der Waals surface area contributed by atoms with E-state index < -0.39 is 217 Å². The van der Waals surface area contributed by atoms with Gasteiger partial charge in [0, 0.05) is 47.5 Å². The van der Waals surface area contributed by atoms with E-state index >= 15 is 8.78 Å². The highest BCUT2D eigenvalue weighted by Gasteiger charge is 2.66. The second-order valence-corrected chi connectivity index (χ2v) is 33.9. The zero-order valence-electron chi connectivity index (χ0n) is 68.1. The van der Waals surface area contributed by atoms with Crippen molar-refractivity contribution in [3.63, 3.8) is 0 Å². The van der Waals surface area contributed by atoms with Gasteiger partial charge in [0.25, 0.3) is 42.2 Å². The fraction of sp³-hybridized carbons (Fsp3) is 0.563. The Bertz CT molecular complexity index is 5560. The lowest BCUT2D eigenvalue weighted by molar-refractivity contribution is -0.141. The molecule has 1 amide bonds.